The van der Waals surface area contributed by atoms with Crippen molar-refractivity contribution in [3.05, 3.63) is 17.3 Å². The van der Waals surface area contributed by atoms with Crippen LogP contribution in [0.5, 0.6) is 0 Å². The lowest BCUT2D eigenvalue weighted by Crippen LogP contribution is -2.43. The molecule has 0 unspecified atom stereocenters. The van der Waals surface area contributed by atoms with E-state index in [0.717, 1.165) is 13.1 Å². The van der Waals surface area contributed by atoms with E-state index in [1.165, 1.54) is 0 Å². The average molecular weight is 248 g/mol. The predicted octanol–water partition coefficient (Wildman–Crippen LogP) is 2.58. The molecule has 0 saturated carbocycles. The Kier molecular flexibility index (Phi) is 3.16. The fourth-order valence-electron chi connectivity index (χ4n) is 1.80. The highest BCUT2D eigenvalue weighted by Crippen LogP contribution is 2.35. The first-order valence-electron chi connectivity index (χ1n) is 5.65. The molecule has 6 heteroatoms. The number of halogens is 3. The highest BCUT2D eigenvalue weighted by Gasteiger charge is 2.39. The average Bonchev–Trinajstić information content (AvgIpc) is 2.54. The zero-order chi connectivity index (χ0) is 12.6. The summed E-state index contributed by atoms with van der Waals surface area (Å²) in [7, 11) is 0. The molecule has 2 heterocycles. The molecule has 0 atom stereocenters. The number of hydrogen-bond acceptors (Lipinski definition) is 3. The molecule has 0 amide bonds. The van der Waals surface area contributed by atoms with Gasteiger partial charge in [-0.3, -0.25) is 0 Å². The minimum Gasteiger partial charge on any atom is -0.445 e. The van der Waals surface area contributed by atoms with Gasteiger partial charge in [0.1, 0.15) is 5.76 Å². The van der Waals surface area contributed by atoms with Crippen LogP contribution < -0.4 is 5.32 Å². The fraction of sp³-hybridized carbons (Fsp3) is 0.727. The second-order valence-electron chi connectivity index (χ2n) is 4.70. The van der Waals surface area contributed by atoms with Gasteiger partial charge in [-0.15, -0.1) is 0 Å². The molecule has 96 valence electrons. The minimum atomic E-state index is -4.43. The maximum atomic E-state index is 12.7. The SMILES string of the molecule is CC(C)c1oc(CC2CNC2)nc1C(F)(F)F. The van der Waals surface area contributed by atoms with Crippen LogP contribution in [0.1, 0.15) is 37.1 Å². The monoisotopic (exact) mass is 248 g/mol. The normalized spacial score (nSPS) is 17.5. The maximum Gasteiger partial charge on any atom is 0.436 e. The first-order valence-corrected chi connectivity index (χ1v) is 5.65. The molecule has 1 aliphatic rings. The lowest BCUT2D eigenvalue weighted by Gasteiger charge is -2.25. The molecule has 17 heavy (non-hydrogen) atoms. The van der Waals surface area contributed by atoms with Crippen molar-refractivity contribution in [2.45, 2.75) is 32.4 Å². The van der Waals surface area contributed by atoms with E-state index in [-0.39, 0.29) is 17.6 Å². The van der Waals surface area contributed by atoms with Crippen LogP contribution in [-0.2, 0) is 12.6 Å². The molecule has 1 saturated heterocycles. The third-order valence-corrected chi connectivity index (χ3v) is 2.82. The molecule has 1 aromatic rings. The van der Waals surface area contributed by atoms with Crippen molar-refractivity contribution >= 4 is 0 Å². The topological polar surface area (TPSA) is 38.1 Å². The molecular formula is C11H15F3N2O. The van der Waals surface area contributed by atoms with Crippen LogP contribution >= 0.6 is 0 Å². The van der Waals surface area contributed by atoms with Crippen molar-refractivity contribution < 1.29 is 17.6 Å². The van der Waals surface area contributed by atoms with Crippen LogP contribution in [0.25, 0.3) is 0 Å². The Morgan fingerprint density at radius 1 is 1.41 bits per heavy atom. The molecule has 0 bridgehead atoms. The number of alkyl halides is 3. The lowest BCUT2D eigenvalue weighted by molar-refractivity contribution is -0.142. The van der Waals surface area contributed by atoms with Gasteiger partial charge >= 0.3 is 6.18 Å². The highest BCUT2D eigenvalue weighted by atomic mass is 19.4. The summed E-state index contributed by atoms with van der Waals surface area (Å²) in [6.07, 6.45) is -3.96. The maximum absolute atomic E-state index is 12.7. The Morgan fingerprint density at radius 3 is 2.41 bits per heavy atom. The van der Waals surface area contributed by atoms with Crippen molar-refractivity contribution in [1.29, 1.82) is 0 Å². The summed E-state index contributed by atoms with van der Waals surface area (Å²) in [4.78, 5) is 3.61. The van der Waals surface area contributed by atoms with Gasteiger partial charge < -0.3 is 9.73 Å². The van der Waals surface area contributed by atoms with Crippen molar-refractivity contribution in [2.24, 2.45) is 5.92 Å². The van der Waals surface area contributed by atoms with Crippen molar-refractivity contribution in [3.63, 3.8) is 0 Å². The number of nitrogens with zero attached hydrogens (tertiary/aromatic N) is 1. The Hall–Kier alpha value is -1.04. The molecule has 0 spiro atoms. The molecule has 1 aromatic heterocycles. The zero-order valence-corrected chi connectivity index (χ0v) is 9.77. The van der Waals surface area contributed by atoms with Crippen molar-refractivity contribution in [2.75, 3.05) is 13.1 Å². The van der Waals surface area contributed by atoms with Gasteiger partial charge in [-0.25, -0.2) is 4.98 Å². The van der Waals surface area contributed by atoms with Crippen LogP contribution in [0, 0.1) is 5.92 Å². The molecule has 0 aliphatic carbocycles. The quantitative estimate of drug-likeness (QED) is 0.893. The Balaban J connectivity index is 2.23. The first kappa shape index (κ1) is 12.4. The number of nitrogens with one attached hydrogen (secondary N) is 1. The van der Waals surface area contributed by atoms with Gasteiger partial charge in [0, 0.05) is 12.3 Å². The summed E-state index contributed by atoms with van der Waals surface area (Å²) in [6.45, 7) is 4.98. The van der Waals surface area contributed by atoms with Crippen LogP contribution in [0.4, 0.5) is 13.2 Å². The van der Waals surface area contributed by atoms with E-state index in [2.05, 4.69) is 10.3 Å². The van der Waals surface area contributed by atoms with E-state index in [1.54, 1.807) is 13.8 Å². The summed E-state index contributed by atoms with van der Waals surface area (Å²) < 4.78 is 43.4. The standard InChI is InChI=1S/C11H15F3N2O/c1-6(2)9-10(11(12,13)14)16-8(17-9)3-7-4-15-5-7/h6-7,15H,3-5H2,1-2H3. The second-order valence-corrected chi connectivity index (χ2v) is 4.70. The summed E-state index contributed by atoms with van der Waals surface area (Å²) in [5.41, 5.74) is -0.866. The van der Waals surface area contributed by atoms with E-state index in [9.17, 15) is 13.2 Å². The molecule has 2 rings (SSSR count). The summed E-state index contributed by atoms with van der Waals surface area (Å²) >= 11 is 0. The van der Waals surface area contributed by atoms with Gasteiger partial charge in [-0.2, -0.15) is 13.2 Å². The number of rotatable bonds is 3. The van der Waals surface area contributed by atoms with Gasteiger partial charge in [0.25, 0.3) is 0 Å². The van der Waals surface area contributed by atoms with E-state index in [1.807, 2.05) is 0 Å². The van der Waals surface area contributed by atoms with Gasteiger partial charge in [-0.05, 0) is 19.0 Å². The molecule has 0 radical (unpaired) electrons. The summed E-state index contributed by atoms with van der Waals surface area (Å²) in [5.74, 6) is 0.175. The molecule has 1 N–H and O–H groups in total. The molecular weight excluding hydrogens is 233 g/mol. The summed E-state index contributed by atoms with van der Waals surface area (Å²) in [5, 5.41) is 3.06. The van der Waals surface area contributed by atoms with Gasteiger partial charge in [0.05, 0.1) is 0 Å². The smallest absolute Gasteiger partial charge is 0.436 e. The van der Waals surface area contributed by atoms with Gasteiger partial charge in [0.15, 0.2) is 11.6 Å². The molecule has 3 nitrogen and oxygen atoms in total. The van der Waals surface area contributed by atoms with E-state index in [0.29, 0.717) is 12.3 Å². The fourth-order valence-corrected chi connectivity index (χ4v) is 1.80. The third kappa shape index (κ3) is 2.62. The van der Waals surface area contributed by atoms with E-state index >= 15 is 0 Å². The van der Waals surface area contributed by atoms with Crippen LogP contribution in [0.2, 0.25) is 0 Å². The molecule has 1 fully saturated rings. The van der Waals surface area contributed by atoms with Crippen LogP contribution in [0.3, 0.4) is 0 Å². The van der Waals surface area contributed by atoms with Crippen LogP contribution in [0.15, 0.2) is 4.42 Å². The minimum absolute atomic E-state index is 0.0558. The largest absolute Gasteiger partial charge is 0.445 e. The summed E-state index contributed by atoms with van der Waals surface area (Å²) in [6, 6.07) is 0. The van der Waals surface area contributed by atoms with Gasteiger partial charge in [0.2, 0.25) is 0 Å². The highest BCUT2D eigenvalue weighted by molar-refractivity contribution is 5.17. The number of hydrogen-bond donors (Lipinski definition) is 1. The first-order chi connectivity index (χ1) is 7.88. The van der Waals surface area contributed by atoms with Crippen molar-refractivity contribution in [3.8, 4) is 0 Å². The van der Waals surface area contributed by atoms with E-state index < -0.39 is 11.9 Å². The zero-order valence-electron chi connectivity index (χ0n) is 9.77. The third-order valence-electron chi connectivity index (χ3n) is 2.82. The Labute approximate surface area is 97.4 Å². The van der Waals surface area contributed by atoms with Crippen LogP contribution in [-0.4, -0.2) is 18.1 Å². The number of oxazole rings is 1. The van der Waals surface area contributed by atoms with Crippen molar-refractivity contribution in [1.82, 2.24) is 10.3 Å². The predicted molar refractivity (Wildman–Crippen MR) is 55.7 cm³/mol. The Bertz CT molecular complexity index is 394. The molecule has 0 aromatic carbocycles. The Morgan fingerprint density at radius 2 is 2.06 bits per heavy atom. The number of aromatic nitrogens is 1. The second kappa shape index (κ2) is 4.33. The molecule has 1 aliphatic heterocycles. The lowest BCUT2D eigenvalue weighted by atomic mass is 10.00. The van der Waals surface area contributed by atoms with Gasteiger partial charge in [-0.1, -0.05) is 13.8 Å². The van der Waals surface area contributed by atoms with E-state index in [4.69, 9.17) is 4.42 Å².